The molecule has 7 heteroatoms. The Morgan fingerprint density at radius 1 is 1.12 bits per heavy atom. The summed E-state index contributed by atoms with van der Waals surface area (Å²) in [5.74, 6) is 0.600. The lowest BCUT2D eigenvalue weighted by atomic mass is 10.1. The van der Waals surface area contributed by atoms with E-state index >= 15 is 0 Å². The third-order valence-corrected chi connectivity index (χ3v) is 4.51. The van der Waals surface area contributed by atoms with Crippen LogP contribution in [-0.2, 0) is 21.2 Å². The average Bonchev–Trinajstić information content (AvgIpc) is 2.61. The second-order valence-electron chi connectivity index (χ2n) is 5.57. The molecule has 26 heavy (non-hydrogen) atoms. The SMILES string of the molecule is CCOc1ccc(/C=C/C(=O)NCCc2ccc(S(N)(=O)=O)cc2)cc1. The standard InChI is InChI=1S/C19H22N2O4S/c1-2-25-17-8-3-15(4-9-17)7-12-19(22)21-14-13-16-5-10-18(11-6-16)26(20,23)24/h3-12H,2,13-14H2,1H3,(H,21,22)(H2,20,23,24)/b12-7+. The molecule has 0 saturated heterocycles. The Bertz CT molecular complexity index is 857. The molecule has 0 fully saturated rings. The highest BCUT2D eigenvalue weighted by Gasteiger charge is 2.06. The Balaban J connectivity index is 1.79. The van der Waals surface area contributed by atoms with Gasteiger partial charge in [-0.25, -0.2) is 13.6 Å². The summed E-state index contributed by atoms with van der Waals surface area (Å²) in [6, 6.07) is 13.7. The summed E-state index contributed by atoms with van der Waals surface area (Å²) < 4.78 is 27.8. The first-order chi connectivity index (χ1) is 12.4. The van der Waals surface area contributed by atoms with E-state index in [9.17, 15) is 13.2 Å². The van der Waals surface area contributed by atoms with Gasteiger partial charge in [0.05, 0.1) is 11.5 Å². The maximum Gasteiger partial charge on any atom is 0.244 e. The van der Waals surface area contributed by atoms with Crippen LogP contribution in [0.2, 0.25) is 0 Å². The largest absolute Gasteiger partial charge is 0.494 e. The molecule has 3 N–H and O–H groups in total. The molecule has 0 radical (unpaired) electrons. The van der Waals surface area contributed by atoms with Crippen LogP contribution in [0.15, 0.2) is 59.5 Å². The Labute approximate surface area is 153 Å². The zero-order valence-electron chi connectivity index (χ0n) is 14.5. The molecule has 2 aromatic carbocycles. The fourth-order valence-corrected chi connectivity index (χ4v) is 2.76. The minimum atomic E-state index is -3.68. The van der Waals surface area contributed by atoms with E-state index in [4.69, 9.17) is 9.88 Å². The number of hydrogen-bond donors (Lipinski definition) is 2. The molecule has 0 saturated carbocycles. The number of hydrogen-bond acceptors (Lipinski definition) is 4. The second-order valence-corrected chi connectivity index (χ2v) is 7.13. The van der Waals surface area contributed by atoms with E-state index in [0.717, 1.165) is 16.9 Å². The third kappa shape index (κ3) is 6.34. The predicted octanol–water partition coefficient (Wildman–Crippen LogP) is 2.10. The zero-order valence-corrected chi connectivity index (χ0v) is 15.3. The van der Waals surface area contributed by atoms with Crippen LogP contribution in [0.3, 0.4) is 0 Å². The maximum absolute atomic E-state index is 11.8. The molecule has 6 nitrogen and oxygen atoms in total. The molecule has 2 rings (SSSR count). The molecule has 2 aromatic rings. The van der Waals surface area contributed by atoms with Crippen LogP contribution in [0.25, 0.3) is 6.08 Å². The van der Waals surface area contributed by atoms with Crippen molar-refractivity contribution in [1.29, 1.82) is 0 Å². The highest BCUT2D eigenvalue weighted by atomic mass is 32.2. The van der Waals surface area contributed by atoms with Gasteiger partial charge in [-0.2, -0.15) is 0 Å². The minimum absolute atomic E-state index is 0.0728. The number of sulfonamides is 1. The minimum Gasteiger partial charge on any atom is -0.494 e. The molecule has 0 aromatic heterocycles. The van der Waals surface area contributed by atoms with Gasteiger partial charge in [-0.05, 0) is 54.8 Å². The highest BCUT2D eigenvalue weighted by Crippen LogP contribution is 2.13. The second kappa shape index (κ2) is 9.17. The molecule has 1 amide bonds. The van der Waals surface area contributed by atoms with Crippen molar-refractivity contribution in [2.75, 3.05) is 13.2 Å². The van der Waals surface area contributed by atoms with Gasteiger partial charge >= 0.3 is 0 Å². The molecule has 0 atom stereocenters. The lowest BCUT2D eigenvalue weighted by Crippen LogP contribution is -2.23. The summed E-state index contributed by atoms with van der Waals surface area (Å²) in [7, 11) is -3.68. The Hall–Kier alpha value is -2.64. The topological polar surface area (TPSA) is 98.5 Å². The van der Waals surface area contributed by atoms with E-state index in [1.54, 1.807) is 18.2 Å². The number of benzene rings is 2. The van der Waals surface area contributed by atoms with Gasteiger partial charge in [-0.1, -0.05) is 24.3 Å². The van der Waals surface area contributed by atoms with E-state index in [-0.39, 0.29) is 10.8 Å². The summed E-state index contributed by atoms with van der Waals surface area (Å²) in [5.41, 5.74) is 1.82. The van der Waals surface area contributed by atoms with Crippen molar-refractivity contribution in [3.05, 3.63) is 65.7 Å². The van der Waals surface area contributed by atoms with Crippen molar-refractivity contribution in [3.63, 3.8) is 0 Å². The molecule has 0 heterocycles. The van der Waals surface area contributed by atoms with Gasteiger partial charge in [0.15, 0.2) is 0 Å². The number of amides is 1. The summed E-state index contributed by atoms with van der Waals surface area (Å²) in [6.07, 6.45) is 3.79. The van der Waals surface area contributed by atoms with Crippen molar-refractivity contribution < 1.29 is 17.9 Å². The Morgan fingerprint density at radius 3 is 2.35 bits per heavy atom. The first-order valence-electron chi connectivity index (χ1n) is 8.19. The van der Waals surface area contributed by atoms with E-state index in [1.165, 1.54) is 18.2 Å². The van der Waals surface area contributed by atoms with E-state index < -0.39 is 10.0 Å². The number of nitrogens with two attached hydrogens (primary N) is 1. The zero-order chi connectivity index (χ0) is 19.0. The van der Waals surface area contributed by atoms with Gasteiger partial charge in [0.25, 0.3) is 0 Å². The molecule has 138 valence electrons. The lowest BCUT2D eigenvalue weighted by Gasteiger charge is -2.04. The number of nitrogens with one attached hydrogen (secondary N) is 1. The van der Waals surface area contributed by atoms with E-state index in [0.29, 0.717) is 19.6 Å². The van der Waals surface area contributed by atoms with Gasteiger partial charge in [-0.15, -0.1) is 0 Å². The predicted molar refractivity (Wildman–Crippen MR) is 101 cm³/mol. The van der Waals surface area contributed by atoms with Crippen LogP contribution in [-0.4, -0.2) is 27.5 Å². The van der Waals surface area contributed by atoms with E-state index in [1.807, 2.05) is 31.2 Å². The Morgan fingerprint density at radius 2 is 1.77 bits per heavy atom. The fourth-order valence-electron chi connectivity index (χ4n) is 2.25. The molecule has 0 unspecified atom stereocenters. The molecular weight excluding hydrogens is 352 g/mol. The van der Waals surface area contributed by atoms with Gasteiger partial charge in [-0.3, -0.25) is 4.79 Å². The van der Waals surface area contributed by atoms with Crippen molar-refractivity contribution in [2.45, 2.75) is 18.2 Å². The van der Waals surface area contributed by atoms with Crippen LogP contribution in [0, 0.1) is 0 Å². The highest BCUT2D eigenvalue weighted by molar-refractivity contribution is 7.89. The van der Waals surface area contributed by atoms with Crippen LogP contribution in [0.4, 0.5) is 0 Å². The summed E-state index contributed by atoms with van der Waals surface area (Å²) in [5, 5.41) is 7.84. The number of primary sulfonamides is 1. The quantitative estimate of drug-likeness (QED) is 0.691. The van der Waals surface area contributed by atoms with Crippen molar-refractivity contribution >= 4 is 22.0 Å². The summed E-state index contributed by atoms with van der Waals surface area (Å²) >= 11 is 0. The van der Waals surface area contributed by atoms with Crippen molar-refractivity contribution in [2.24, 2.45) is 5.14 Å². The Kier molecular flexibility index (Phi) is 6.94. The number of carbonyl (C=O) groups excluding carboxylic acids is 1. The molecule has 0 bridgehead atoms. The fraction of sp³-hybridized carbons (Fsp3) is 0.211. The molecule has 0 aliphatic rings. The number of rotatable bonds is 8. The van der Waals surface area contributed by atoms with Crippen LogP contribution in [0.1, 0.15) is 18.1 Å². The van der Waals surface area contributed by atoms with Gasteiger partial charge in [0, 0.05) is 12.6 Å². The smallest absolute Gasteiger partial charge is 0.244 e. The number of carbonyl (C=O) groups is 1. The molecule has 0 aliphatic heterocycles. The lowest BCUT2D eigenvalue weighted by molar-refractivity contribution is -0.116. The first-order valence-corrected chi connectivity index (χ1v) is 9.73. The van der Waals surface area contributed by atoms with Crippen LogP contribution >= 0.6 is 0 Å². The van der Waals surface area contributed by atoms with Crippen LogP contribution in [0.5, 0.6) is 5.75 Å². The third-order valence-electron chi connectivity index (χ3n) is 3.58. The van der Waals surface area contributed by atoms with E-state index in [2.05, 4.69) is 5.32 Å². The molecule has 0 aliphatic carbocycles. The monoisotopic (exact) mass is 374 g/mol. The van der Waals surface area contributed by atoms with Crippen molar-refractivity contribution in [3.8, 4) is 5.75 Å². The molecule has 0 spiro atoms. The van der Waals surface area contributed by atoms with Gasteiger partial charge < -0.3 is 10.1 Å². The number of ether oxygens (including phenoxy) is 1. The summed E-state index contributed by atoms with van der Waals surface area (Å²) in [6.45, 7) is 2.98. The molecular formula is C19H22N2O4S. The maximum atomic E-state index is 11.8. The van der Waals surface area contributed by atoms with Crippen molar-refractivity contribution in [1.82, 2.24) is 5.32 Å². The normalized spacial score (nSPS) is 11.5. The average molecular weight is 374 g/mol. The van der Waals surface area contributed by atoms with Crippen LogP contribution < -0.4 is 15.2 Å². The summed E-state index contributed by atoms with van der Waals surface area (Å²) in [4.78, 5) is 11.9. The van der Waals surface area contributed by atoms with Gasteiger partial charge in [0.1, 0.15) is 5.75 Å². The first kappa shape index (κ1) is 19.7. The van der Waals surface area contributed by atoms with Gasteiger partial charge in [0.2, 0.25) is 15.9 Å².